The molecule has 0 unspecified atom stereocenters. The van der Waals surface area contributed by atoms with Crippen LogP contribution in [0.25, 0.3) is 0 Å². The van der Waals surface area contributed by atoms with E-state index in [-0.39, 0.29) is 24.9 Å². The summed E-state index contributed by atoms with van der Waals surface area (Å²) in [5.41, 5.74) is 1.56. The molecule has 0 aliphatic carbocycles. The Balaban J connectivity index is 0.000000982. The van der Waals surface area contributed by atoms with Crippen LogP contribution in [0.4, 0.5) is 0 Å². The van der Waals surface area contributed by atoms with Gasteiger partial charge in [0, 0.05) is 20.9 Å². The van der Waals surface area contributed by atoms with Crippen LogP contribution in [0.15, 0.2) is 22.1 Å². The minimum atomic E-state index is -0.250. The second kappa shape index (κ2) is 9.92. The number of hydrogen-bond donors (Lipinski definition) is 0. The van der Waals surface area contributed by atoms with Crippen molar-refractivity contribution in [1.82, 2.24) is 4.57 Å². The van der Waals surface area contributed by atoms with Crippen LogP contribution >= 0.6 is 20.2 Å². The molecule has 0 atom stereocenters. The van der Waals surface area contributed by atoms with E-state index < -0.39 is 0 Å². The fraction of sp³-hybridized carbons (Fsp3) is 0.273. The number of aromatic nitrogens is 1. The van der Waals surface area contributed by atoms with Gasteiger partial charge in [0.05, 0.1) is 23.8 Å². The predicted molar refractivity (Wildman–Crippen MR) is 73.7 cm³/mol. The Morgan fingerprint density at radius 2 is 1.42 bits per heavy atom. The molecule has 0 bridgehead atoms. The van der Waals surface area contributed by atoms with E-state index in [1.165, 1.54) is 26.3 Å². The first-order valence-electron chi connectivity index (χ1n) is 5.02. The zero-order valence-corrected chi connectivity index (χ0v) is 13.2. The second-order valence-corrected chi connectivity index (χ2v) is 5.17. The second-order valence-electron chi connectivity index (χ2n) is 3.35. The molecule has 0 aliphatic heterocycles. The SMILES string of the molecule is CC(=O)N=Cc1ccc(C=NC(C)=O)n1C.[Cl][Fe][Cl]. The van der Waals surface area contributed by atoms with E-state index in [0.29, 0.717) is 0 Å². The van der Waals surface area contributed by atoms with Crippen LogP contribution in [0.2, 0.25) is 0 Å². The van der Waals surface area contributed by atoms with Crippen molar-refractivity contribution in [2.24, 2.45) is 17.0 Å². The van der Waals surface area contributed by atoms with Gasteiger partial charge in [0.15, 0.2) is 0 Å². The fourth-order valence-electron chi connectivity index (χ4n) is 1.12. The monoisotopic (exact) mass is 345 g/mol. The van der Waals surface area contributed by atoms with Crippen molar-refractivity contribution in [3.8, 4) is 0 Å². The topological polar surface area (TPSA) is 63.8 Å². The molecule has 8 heteroatoms. The average molecular weight is 346 g/mol. The van der Waals surface area contributed by atoms with Gasteiger partial charge in [-0.1, -0.05) is 0 Å². The van der Waals surface area contributed by atoms with Gasteiger partial charge in [-0.05, 0) is 12.1 Å². The third-order valence-corrected chi connectivity index (χ3v) is 1.96. The van der Waals surface area contributed by atoms with Crippen LogP contribution in [0, 0.1) is 0 Å². The van der Waals surface area contributed by atoms with Crippen LogP contribution in [0.1, 0.15) is 25.2 Å². The molecule has 1 aromatic rings. The molecule has 2 amide bonds. The van der Waals surface area contributed by atoms with Crippen molar-refractivity contribution in [1.29, 1.82) is 0 Å². The first kappa shape index (κ1) is 18.1. The van der Waals surface area contributed by atoms with Crippen molar-refractivity contribution < 1.29 is 22.7 Å². The normalized spacial score (nSPS) is 10.8. The van der Waals surface area contributed by atoms with E-state index in [1.54, 1.807) is 16.7 Å². The van der Waals surface area contributed by atoms with Gasteiger partial charge >= 0.3 is 33.3 Å². The minimum absolute atomic E-state index is 0.194. The van der Waals surface area contributed by atoms with Crippen LogP contribution in [-0.2, 0) is 29.8 Å². The molecule has 19 heavy (non-hydrogen) atoms. The molecule has 0 N–H and O–H groups in total. The van der Waals surface area contributed by atoms with E-state index >= 15 is 0 Å². The number of carbonyl (C=O) groups is 2. The van der Waals surface area contributed by atoms with Gasteiger partial charge in [-0.2, -0.15) is 0 Å². The molecule has 0 saturated heterocycles. The Hall–Kier alpha value is -0.941. The summed E-state index contributed by atoms with van der Waals surface area (Å²) in [6.07, 6.45) is 2.96. The zero-order chi connectivity index (χ0) is 14.8. The fourth-order valence-corrected chi connectivity index (χ4v) is 1.12. The number of hydrogen-bond acceptors (Lipinski definition) is 2. The molecule has 5 nitrogen and oxygen atoms in total. The molecule has 1 heterocycles. The van der Waals surface area contributed by atoms with Gasteiger partial charge < -0.3 is 4.57 Å². The molecule has 1 aromatic heterocycles. The summed E-state index contributed by atoms with van der Waals surface area (Å²) >= 11 is 0.194. The maximum atomic E-state index is 10.7. The quantitative estimate of drug-likeness (QED) is 0.610. The van der Waals surface area contributed by atoms with E-state index in [4.69, 9.17) is 20.2 Å². The van der Waals surface area contributed by atoms with Crippen molar-refractivity contribution in [3.05, 3.63) is 23.5 Å². The zero-order valence-electron chi connectivity index (χ0n) is 10.6. The van der Waals surface area contributed by atoms with Crippen molar-refractivity contribution in [3.63, 3.8) is 0 Å². The maximum absolute atomic E-state index is 10.7. The van der Waals surface area contributed by atoms with E-state index in [0.717, 1.165) is 11.4 Å². The molecule has 0 saturated carbocycles. The molecule has 106 valence electrons. The van der Waals surface area contributed by atoms with Crippen LogP contribution in [0.5, 0.6) is 0 Å². The first-order chi connectivity index (χ1) is 8.92. The van der Waals surface area contributed by atoms with Crippen molar-refractivity contribution in [2.45, 2.75) is 13.8 Å². The molecule has 0 spiro atoms. The number of amides is 2. The average Bonchev–Trinajstić information content (AvgIpc) is 2.66. The van der Waals surface area contributed by atoms with Gasteiger partial charge in [-0.25, -0.2) is 9.98 Å². The van der Waals surface area contributed by atoms with Crippen LogP contribution in [-0.4, -0.2) is 28.8 Å². The Morgan fingerprint density at radius 1 is 1.11 bits per heavy atom. The molecule has 0 aromatic carbocycles. The van der Waals surface area contributed by atoms with Crippen LogP contribution < -0.4 is 0 Å². The van der Waals surface area contributed by atoms with Crippen LogP contribution in [0.3, 0.4) is 0 Å². The number of rotatable bonds is 2. The molecular formula is C11H13Cl2FeN3O2. The third kappa shape index (κ3) is 7.95. The Labute approximate surface area is 126 Å². The standard InChI is InChI=1S/C11H13N3O2.2ClH.Fe/c1-8(15)12-6-10-4-5-11(14(10)3)7-13-9(2)16;;;/h4-7H,1-3H3;2*1H;/q;;;+2/p-2. The molecule has 1 rings (SSSR count). The number of halogens is 2. The van der Waals surface area contributed by atoms with Crippen molar-refractivity contribution in [2.75, 3.05) is 0 Å². The number of nitrogens with zero attached hydrogens (tertiary/aromatic N) is 3. The molecule has 0 fully saturated rings. The summed E-state index contributed by atoms with van der Waals surface area (Å²) in [4.78, 5) is 28.7. The predicted octanol–water partition coefficient (Wildman–Crippen LogP) is 2.33. The summed E-state index contributed by atoms with van der Waals surface area (Å²) in [5.74, 6) is -0.500. The Bertz CT molecular complexity index is 457. The summed E-state index contributed by atoms with van der Waals surface area (Å²) in [6, 6.07) is 3.60. The first-order valence-corrected chi connectivity index (χ1v) is 8.06. The summed E-state index contributed by atoms with van der Waals surface area (Å²) in [5, 5.41) is 0. The number of aliphatic imine (C=N–C) groups is 2. The third-order valence-electron chi connectivity index (χ3n) is 1.96. The van der Waals surface area contributed by atoms with E-state index in [1.807, 2.05) is 7.05 Å². The van der Waals surface area contributed by atoms with Gasteiger partial charge in [-0.3, -0.25) is 9.59 Å². The van der Waals surface area contributed by atoms with Gasteiger partial charge in [0.25, 0.3) is 0 Å². The number of carbonyl (C=O) groups excluding carboxylic acids is 2. The summed E-state index contributed by atoms with van der Waals surface area (Å²) in [7, 11) is 11.3. The van der Waals surface area contributed by atoms with Gasteiger partial charge in [-0.15, -0.1) is 0 Å². The van der Waals surface area contributed by atoms with Gasteiger partial charge in [0.1, 0.15) is 0 Å². The Kier molecular flexibility index (Phi) is 9.43. The van der Waals surface area contributed by atoms with E-state index in [9.17, 15) is 9.59 Å². The summed E-state index contributed by atoms with van der Waals surface area (Å²) < 4.78 is 1.79. The molecular weight excluding hydrogens is 333 g/mol. The summed E-state index contributed by atoms with van der Waals surface area (Å²) in [6.45, 7) is 2.77. The molecule has 0 aliphatic rings. The Morgan fingerprint density at radius 3 is 1.68 bits per heavy atom. The molecule has 0 radical (unpaired) electrons. The van der Waals surface area contributed by atoms with Gasteiger partial charge in [0.2, 0.25) is 11.8 Å². The van der Waals surface area contributed by atoms with Crippen molar-refractivity contribution >= 4 is 44.4 Å². The van der Waals surface area contributed by atoms with E-state index in [2.05, 4.69) is 9.98 Å².